The molecule has 1 atom stereocenters. The van der Waals surface area contributed by atoms with Crippen LogP contribution in [0.15, 0.2) is 22.8 Å². The topological polar surface area (TPSA) is 24.9 Å². The number of halogens is 1. The Balaban J connectivity index is 2.07. The Morgan fingerprint density at radius 2 is 2.40 bits per heavy atom. The van der Waals surface area contributed by atoms with Gasteiger partial charge in [-0.05, 0) is 47.4 Å². The third-order valence-corrected chi connectivity index (χ3v) is 3.93. The van der Waals surface area contributed by atoms with E-state index in [0.29, 0.717) is 6.04 Å². The summed E-state index contributed by atoms with van der Waals surface area (Å²) < 4.78 is 1.11. The van der Waals surface area contributed by atoms with E-state index in [2.05, 4.69) is 32.3 Å². The average Bonchev–Trinajstić information content (AvgIpc) is 2.19. The molecule has 0 saturated heterocycles. The number of nitrogens with one attached hydrogen (secondary N) is 1. The van der Waals surface area contributed by atoms with Gasteiger partial charge in [-0.2, -0.15) is 0 Å². The second-order valence-electron chi connectivity index (χ2n) is 4.24. The van der Waals surface area contributed by atoms with Gasteiger partial charge in [0.1, 0.15) is 0 Å². The highest BCUT2D eigenvalue weighted by Crippen LogP contribution is 2.35. The zero-order valence-corrected chi connectivity index (χ0v) is 10.6. The Morgan fingerprint density at radius 1 is 1.60 bits per heavy atom. The van der Waals surface area contributed by atoms with Crippen LogP contribution in [0, 0.1) is 5.92 Å². The molecule has 3 heteroatoms. The average molecular weight is 269 g/mol. The summed E-state index contributed by atoms with van der Waals surface area (Å²) >= 11 is 3.57. The van der Waals surface area contributed by atoms with Crippen LogP contribution in [0.25, 0.3) is 0 Å². The lowest BCUT2D eigenvalue weighted by Crippen LogP contribution is -2.24. The van der Waals surface area contributed by atoms with E-state index >= 15 is 0 Å². The van der Waals surface area contributed by atoms with E-state index in [4.69, 9.17) is 0 Å². The number of pyridine rings is 1. The van der Waals surface area contributed by atoms with Crippen molar-refractivity contribution >= 4 is 15.9 Å². The SMILES string of the molecule is CNC(CC1CCC1)c1ncccc1Br. The van der Waals surface area contributed by atoms with E-state index in [1.165, 1.54) is 25.7 Å². The minimum atomic E-state index is 0.394. The van der Waals surface area contributed by atoms with Gasteiger partial charge < -0.3 is 5.32 Å². The van der Waals surface area contributed by atoms with Crippen LogP contribution in [-0.4, -0.2) is 12.0 Å². The summed E-state index contributed by atoms with van der Waals surface area (Å²) in [6.07, 6.45) is 7.27. The van der Waals surface area contributed by atoms with Gasteiger partial charge in [0.15, 0.2) is 0 Å². The van der Waals surface area contributed by atoms with Crippen molar-refractivity contribution in [2.75, 3.05) is 7.05 Å². The maximum absolute atomic E-state index is 4.45. The molecule has 0 radical (unpaired) electrons. The Kier molecular flexibility index (Phi) is 3.76. The Bertz CT molecular complexity index is 323. The lowest BCUT2D eigenvalue weighted by molar-refractivity contribution is 0.263. The van der Waals surface area contributed by atoms with E-state index in [1.54, 1.807) is 0 Å². The zero-order chi connectivity index (χ0) is 10.7. The van der Waals surface area contributed by atoms with Crippen LogP contribution in [0.1, 0.15) is 37.4 Å². The first-order valence-corrected chi connectivity index (χ1v) is 6.38. The molecule has 1 aliphatic carbocycles. The fourth-order valence-corrected chi connectivity index (χ4v) is 2.61. The van der Waals surface area contributed by atoms with Crippen LogP contribution in [0.2, 0.25) is 0 Å². The molecule has 1 heterocycles. The van der Waals surface area contributed by atoms with Crippen molar-refractivity contribution in [1.29, 1.82) is 0 Å². The van der Waals surface area contributed by atoms with E-state index in [1.807, 2.05) is 19.3 Å². The van der Waals surface area contributed by atoms with Crippen molar-refractivity contribution in [3.05, 3.63) is 28.5 Å². The minimum Gasteiger partial charge on any atom is -0.312 e. The van der Waals surface area contributed by atoms with Crippen LogP contribution in [0.4, 0.5) is 0 Å². The number of nitrogens with zero attached hydrogens (tertiary/aromatic N) is 1. The fraction of sp³-hybridized carbons (Fsp3) is 0.583. The van der Waals surface area contributed by atoms with Gasteiger partial charge in [-0.15, -0.1) is 0 Å². The van der Waals surface area contributed by atoms with Gasteiger partial charge in [0.25, 0.3) is 0 Å². The molecule has 2 nitrogen and oxygen atoms in total. The van der Waals surface area contributed by atoms with Gasteiger partial charge in [-0.25, -0.2) is 0 Å². The summed E-state index contributed by atoms with van der Waals surface area (Å²) in [5, 5.41) is 3.37. The highest BCUT2D eigenvalue weighted by Gasteiger charge is 2.23. The normalized spacial score (nSPS) is 18.5. The van der Waals surface area contributed by atoms with Gasteiger partial charge in [0.05, 0.1) is 11.7 Å². The van der Waals surface area contributed by atoms with Gasteiger partial charge in [0.2, 0.25) is 0 Å². The van der Waals surface area contributed by atoms with Gasteiger partial charge in [0, 0.05) is 10.7 Å². The van der Waals surface area contributed by atoms with Crippen molar-refractivity contribution in [2.24, 2.45) is 5.92 Å². The molecule has 1 saturated carbocycles. The summed E-state index contributed by atoms with van der Waals surface area (Å²) in [5.74, 6) is 0.899. The molecule has 0 spiro atoms. The molecule has 1 aromatic rings. The van der Waals surface area contributed by atoms with Gasteiger partial charge >= 0.3 is 0 Å². The molecule has 15 heavy (non-hydrogen) atoms. The summed E-state index contributed by atoms with van der Waals surface area (Å²) in [5.41, 5.74) is 1.15. The maximum Gasteiger partial charge on any atom is 0.0714 e. The Hall–Kier alpha value is -0.410. The lowest BCUT2D eigenvalue weighted by Gasteiger charge is -2.29. The molecule has 82 valence electrons. The van der Waals surface area contributed by atoms with Crippen molar-refractivity contribution in [3.63, 3.8) is 0 Å². The molecule has 0 amide bonds. The molecule has 0 aliphatic heterocycles. The van der Waals surface area contributed by atoms with E-state index < -0.39 is 0 Å². The van der Waals surface area contributed by atoms with Crippen LogP contribution >= 0.6 is 15.9 Å². The smallest absolute Gasteiger partial charge is 0.0714 e. The Labute approximate surface area is 99.6 Å². The number of hydrogen-bond acceptors (Lipinski definition) is 2. The van der Waals surface area contributed by atoms with Crippen molar-refractivity contribution in [2.45, 2.75) is 31.7 Å². The van der Waals surface area contributed by atoms with E-state index in [0.717, 1.165) is 16.1 Å². The zero-order valence-electron chi connectivity index (χ0n) is 9.04. The largest absolute Gasteiger partial charge is 0.312 e. The molecule has 1 unspecified atom stereocenters. The lowest BCUT2D eigenvalue weighted by atomic mass is 9.80. The second-order valence-corrected chi connectivity index (χ2v) is 5.10. The molecule has 1 aromatic heterocycles. The monoisotopic (exact) mass is 268 g/mol. The molecule has 2 rings (SSSR count). The van der Waals surface area contributed by atoms with E-state index in [-0.39, 0.29) is 0 Å². The molecular formula is C12H17BrN2. The fourth-order valence-electron chi connectivity index (χ4n) is 2.08. The summed E-state index contributed by atoms with van der Waals surface area (Å²) in [6, 6.07) is 4.42. The summed E-state index contributed by atoms with van der Waals surface area (Å²) in [7, 11) is 2.02. The predicted octanol–water partition coefficient (Wildman–Crippen LogP) is 3.29. The number of aromatic nitrogens is 1. The Morgan fingerprint density at radius 3 is 2.93 bits per heavy atom. The highest BCUT2D eigenvalue weighted by molar-refractivity contribution is 9.10. The summed E-state index contributed by atoms with van der Waals surface area (Å²) in [6.45, 7) is 0. The van der Waals surface area contributed by atoms with Crippen LogP contribution in [0.3, 0.4) is 0 Å². The minimum absolute atomic E-state index is 0.394. The molecule has 0 aromatic carbocycles. The highest BCUT2D eigenvalue weighted by atomic mass is 79.9. The van der Waals surface area contributed by atoms with Gasteiger partial charge in [-0.1, -0.05) is 19.3 Å². The first kappa shape index (κ1) is 11.1. The summed E-state index contributed by atoms with van der Waals surface area (Å²) in [4.78, 5) is 4.45. The van der Waals surface area contributed by atoms with Crippen molar-refractivity contribution < 1.29 is 0 Å². The van der Waals surface area contributed by atoms with Crippen LogP contribution in [0.5, 0.6) is 0 Å². The third kappa shape index (κ3) is 2.58. The van der Waals surface area contributed by atoms with Crippen LogP contribution in [-0.2, 0) is 0 Å². The second kappa shape index (κ2) is 5.08. The van der Waals surface area contributed by atoms with Gasteiger partial charge in [-0.3, -0.25) is 4.98 Å². The first-order chi connectivity index (χ1) is 7.31. The predicted molar refractivity (Wildman–Crippen MR) is 65.7 cm³/mol. The quantitative estimate of drug-likeness (QED) is 0.907. The number of hydrogen-bond donors (Lipinski definition) is 1. The van der Waals surface area contributed by atoms with E-state index in [9.17, 15) is 0 Å². The van der Waals surface area contributed by atoms with Crippen LogP contribution < -0.4 is 5.32 Å². The first-order valence-electron chi connectivity index (χ1n) is 5.59. The van der Waals surface area contributed by atoms with Crippen molar-refractivity contribution in [3.8, 4) is 0 Å². The van der Waals surface area contributed by atoms with Crippen molar-refractivity contribution in [1.82, 2.24) is 10.3 Å². The standard InChI is InChI=1S/C12H17BrN2/c1-14-11(8-9-4-2-5-9)12-10(13)6-3-7-15-12/h3,6-7,9,11,14H,2,4-5,8H2,1H3. The number of rotatable bonds is 4. The molecule has 1 aliphatic rings. The maximum atomic E-state index is 4.45. The molecular weight excluding hydrogens is 252 g/mol. The molecule has 1 fully saturated rings. The molecule has 1 N–H and O–H groups in total. The third-order valence-electron chi connectivity index (χ3n) is 3.26. The molecule has 0 bridgehead atoms.